The van der Waals surface area contributed by atoms with Crippen LogP contribution in [0.1, 0.15) is 33.1 Å². The van der Waals surface area contributed by atoms with E-state index in [4.69, 9.17) is 0 Å². The molecule has 0 aliphatic carbocycles. The molecule has 0 aliphatic heterocycles. The van der Waals surface area contributed by atoms with Gasteiger partial charge in [-0.2, -0.15) is 0 Å². The molecule has 3 nitrogen and oxygen atoms in total. The topological polar surface area (TPSA) is 40.7 Å². The zero-order valence-corrected chi connectivity index (χ0v) is 10.4. The fourth-order valence-electron chi connectivity index (χ4n) is 1.38. The van der Waals surface area contributed by atoms with Gasteiger partial charge in [0, 0.05) is 24.2 Å². The van der Waals surface area contributed by atoms with Crippen molar-refractivity contribution in [2.45, 2.75) is 44.3 Å². The number of aromatic nitrogens is 2. The molecular weight excluding hydrogens is 206 g/mol. The lowest BCUT2D eigenvalue weighted by molar-refractivity contribution is 0.510. The molecule has 0 saturated heterocycles. The molecule has 15 heavy (non-hydrogen) atoms. The van der Waals surface area contributed by atoms with Gasteiger partial charge in [0.1, 0.15) is 0 Å². The quantitative estimate of drug-likeness (QED) is 0.530. The highest BCUT2D eigenvalue weighted by Crippen LogP contribution is 2.14. The van der Waals surface area contributed by atoms with Gasteiger partial charge in [0.05, 0.1) is 0 Å². The van der Waals surface area contributed by atoms with E-state index in [0.29, 0.717) is 6.04 Å². The summed E-state index contributed by atoms with van der Waals surface area (Å²) in [6.07, 6.45) is 7.37. The molecule has 1 unspecified atom stereocenters. The molecule has 86 valence electrons. The maximum absolute atomic E-state index is 4.17. The van der Waals surface area contributed by atoms with Gasteiger partial charge in [0.2, 0.25) is 0 Å². The average Bonchev–Trinajstić information content (AvgIpc) is 2.74. The minimum absolute atomic E-state index is 0.641. The minimum Gasteiger partial charge on any atom is -0.340 e. The first kappa shape index (κ1) is 12.6. The second kappa shape index (κ2) is 7.77. The molecule has 0 aliphatic rings. The van der Waals surface area contributed by atoms with E-state index in [1.165, 1.54) is 19.3 Å². The molecule has 2 N–H and O–H groups in total. The summed E-state index contributed by atoms with van der Waals surface area (Å²) >= 11 is 1.80. The maximum Gasteiger partial charge on any atom is 0.165 e. The number of thioether (sulfide) groups is 1. The number of hydrogen-bond acceptors (Lipinski definition) is 3. The second-order valence-corrected chi connectivity index (χ2v) is 4.82. The number of hydrogen-bond donors (Lipinski definition) is 2. The van der Waals surface area contributed by atoms with E-state index in [-0.39, 0.29) is 0 Å². The van der Waals surface area contributed by atoms with Crippen LogP contribution >= 0.6 is 11.8 Å². The van der Waals surface area contributed by atoms with E-state index < -0.39 is 0 Å². The highest BCUT2D eigenvalue weighted by atomic mass is 32.2. The van der Waals surface area contributed by atoms with Crippen LogP contribution in [0.25, 0.3) is 0 Å². The Hall–Kier alpha value is -0.480. The van der Waals surface area contributed by atoms with E-state index in [9.17, 15) is 0 Å². The molecule has 1 heterocycles. The van der Waals surface area contributed by atoms with E-state index >= 15 is 0 Å². The van der Waals surface area contributed by atoms with Crippen LogP contribution in [0.5, 0.6) is 0 Å². The summed E-state index contributed by atoms with van der Waals surface area (Å²) in [5.41, 5.74) is 0. The first-order valence-corrected chi connectivity index (χ1v) is 6.67. The van der Waals surface area contributed by atoms with Gasteiger partial charge < -0.3 is 10.3 Å². The third kappa shape index (κ3) is 5.85. The first-order chi connectivity index (χ1) is 7.33. The molecule has 4 heteroatoms. The van der Waals surface area contributed by atoms with E-state index in [1.54, 1.807) is 18.0 Å². The van der Waals surface area contributed by atoms with Gasteiger partial charge >= 0.3 is 0 Å². The van der Waals surface area contributed by atoms with Crippen molar-refractivity contribution in [3.05, 3.63) is 12.4 Å². The molecule has 0 radical (unpaired) electrons. The predicted octanol–water partition coefficient (Wildman–Crippen LogP) is 2.67. The maximum atomic E-state index is 4.17. The highest BCUT2D eigenvalue weighted by Gasteiger charge is 2.00. The summed E-state index contributed by atoms with van der Waals surface area (Å²) in [6.45, 7) is 5.59. The number of nitrogens with zero attached hydrogens (tertiary/aromatic N) is 1. The molecule has 1 atom stereocenters. The van der Waals surface area contributed by atoms with Gasteiger partial charge in [0.25, 0.3) is 0 Å². The zero-order valence-electron chi connectivity index (χ0n) is 9.62. The third-order valence-electron chi connectivity index (χ3n) is 2.24. The Balaban J connectivity index is 1.97. The lowest BCUT2D eigenvalue weighted by atomic mass is 10.2. The fraction of sp³-hybridized carbons (Fsp3) is 0.727. The number of rotatable bonds is 8. The van der Waals surface area contributed by atoms with Crippen LogP contribution in [0.4, 0.5) is 0 Å². The Morgan fingerprint density at radius 3 is 3.13 bits per heavy atom. The van der Waals surface area contributed by atoms with Crippen molar-refractivity contribution < 1.29 is 0 Å². The van der Waals surface area contributed by atoms with Crippen LogP contribution in [-0.4, -0.2) is 28.3 Å². The molecule has 0 bridgehead atoms. The Bertz CT molecular complexity index is 236. The Morgan fingerprint density at radius 2 is 2.47 bits per heavy atom. The van der Waals surface area contributed by atoms with Crippen molar-refractivity contribution in [1.82, 2.24) is 15.3 Å². The molecule has 1 aromatic rings. The normalized spacial score (nSPS) is 12.9. The predicted molar refractivity (Wildman–Crippen MR) is 66.3 cm³/mol. The number of H-pyrrole nitrogens is 1. The molecule has 0 fully saturated rings. The second-order valence-electron chi connectivity index (χ2n) is 3.74. The van der Waals surface area contributed by atoms with Gasteiger partial charge in [-0.1, -0.05) is 18.7 Å². The molecule has 1 aromatic heterocycles. The van der Waals surface area contributed by atoms with E-state index in [2.05, 4.69) is 29.1 Å². The number of imidazole rings is 1. The standard InChI is InChI=1S/C11H21N3S/c1-3-6-12-10(2)5-4-9-15-11-13-7-8-14-11/h7-8,10,12H,3-6,9H2,1-2H3,(H,13,14). The van der Waals surface area contributed by atoms with Crippen LogP contribution < -0.4 is 5.32 Å². The van der Waals surface area contributed by atoms with Crippen LogP contribution in [0.3, 0.4) is 0 Å². The molecule has 0 spiro atoms. The summed E-state index contributed by atoms with van der Waals surface area (Å²) in [5, 5.41) is 4.52. The number of aromatic amines is 1. The third-order valence-corrected chi connectivity index (χ3v) is 3.23. The number of nitrogens with one attached hydrogen (secondary N) is 2. The Kier molecular flexibility index (Phi) is 6.52. The fourth-order valence-corrected chi connectivity index (χ4v) is 2.17. The van der Waals surface area contributed by atoms with Crippen molar-refractivity contribution in [2.24, 2.45) is 0 Å². The first-order valence-electron chi connectivity index (χ1n) is 5.68. The minimum atomic E-state index is 0.641. The lowest BCUT2D eigenvalue weighted by Gasteiger charge is -2.12. The van der Waals surface area contributed by atoms with Crippen LogP contribution in [0.2, 0.25) is 0 Å². The van der Waals surface area contributed by atoms with Gasteiger partial charge in [-0.05, 0) is 32.7 Å². The Morgan fingerprint density at radius 1 is 1.60 bits per heavy atom. The summed E-state index contributed by atoms with van der Waals surface area (Å²) in [6, 6.07) is 0.641. The van der Waals surface area contributed by atoms with Crippen molar-refractivity contribution in [3.63, 3.8) is 0 Å². The van der Waals surface area contributed by atoms with Crippen LogP contribution in [-0.2, 0) is 0 Å². The Labute approximate surface area is 96.5 Å². The molecule has 0 saturated carbocycles. The van der Waals surface area contributed by atoms with Gasteiger partial charge in [-0.25, -0.2) is 4.98 Å². The summed E-state index contributed by atoms with van der Waals surface area (Å²) in [7, 11) is 0. The monoisotopic (exact) mass is 227 g/mol. The van der Waals surface area contributed by atoms with E-state index in [1.807, 2.05) is 6.20 Å². The molecule has 0 aromatic carbocycles. The molecule has 1 rings (SSSR count). The molecule has 0 amide bonds. The van der Waals surface area contributed by atoms with Crippen LogP contribution in [0.15, 0.2) is 17.6 Å². The van der Waals surface area contributed by atoms with E-state index in [0.717, 1.165) is 17.5 Å². The average molecular weight is 227 g/mol. The van der Waals surface area contributed by atoms with Crippen LogP contribution in [0, 0.1) is 0 Å². The van der Waals surface area contributed by atoms with Crippen molar-refractivity contribution in [3.8, 4) is 0 Å². The summed E-state index contributed by atoms with van der Waals surface area (Å²) in [5.74, 6) is 1.14. The van der Waals surface area contributed by atoms with Crippen molar-refractivity contribution in [2.75, 3.05) is 12.3 Å². The zero-order chi connectivity index (χ0) is 10.9. The smallest absolute Gasteiger partial charge is 0.165 e. The van der Waals surface area contributed by atoms with Gasteiger partial charge in [-0.3, -0.25) is 0 Å². The van der Waals surface area contributed by atoms with Gasteiger partial charge in [-0.15, -0.1) is 0 Å². The largest absolute Gasteiger partial charge is 0.340 e. The SMILES string of the molecule is CCCNC(C)CCCSc1ncc[nH]1. The molecular formula is C11H21N3S. The highest BCUT2D eigenvalue weighted by molar-refractivity contribution is 7.99. The summed E-state index contributed by atoms with van der Waals surface area (Å²) < 4.78 is 0. The van der Waals surface area contributed by atoms with Crippen molar-refractivity contribution >= 4 is 11.8 Å². The van der Waals surface area contributed by atoms with Crippen molar-refractivity contribution in [1.29, 1.82) is 0 Å². The lowest BCUT2D eigenvalue weighted by Crippen LogP contribution is -2.26. The van der Waals surface area contributed by atoms with Gasteiger partial charge in [0.15, 0.2) is 5.16 Å². The summed E-state index contributed by atoms with van der Waals surface area (Å²) in [4.78, 5) is 7.27.